The molecule has 0 spiro atoms. The first kappa shape index (κ1) is 17.8. The Bertz CT molecular complexity index is 181. The Morgan fingerprint density at radius 3 is 2.06 bits per heavy atom. The predicted octanol–water partition coefficient (Wildman–Crippen LogP) is 2.18. The van der Waals surface area contributed by atoms with Crippen molar-refractivity contribution in [2.45, 2.75) is 58.3 Å². The third kappa shape index (κ3) is 8.03. The van der Waals surface area contributed by atoms with Crippen LogP contribution in [0.15, 0.2) is 0 Å². The maximum atomic E-state index is 9.79. The zero-order valence-electron chi connectivity index (χ0n) is 12.3. The molecule has 2 atom stereocenters. The zero-order valence-corrected chi connectivity index (χ0v) is 12.3. The Hall–Kier alpha value is -0.160. The van der Waals surface area contributed by atoms with Crippen LogP contribution in [0.1, 0.15) is 46.0 Å². The van der Waals surface area contributed by atoms with Gasteiger partial charge in [-0.2, -0.15) is 0 Å². The highest BCUT2D eigenvalue weighted by molar-refractivity contribution is 4.68. The molecule has 110 valence electrons. The van der Waals surface area contributed by atoms with E-state index in [-0.39, 0.29) is 19.0 Å². The van der Waals surface area contributed by atoms with E-state index in [9.17, 15) is 5.11 Å². The summed E-state index contributed by atoms with van der Waals surface area (Å²) in [6.45, 7) is 4.53. The summed E-state index contributed by atoms with van der Waals surface area (Å²) < 4.78 is 10.5. The number of aliphatic hydroxyl groups excluding tert-OH is 2. The molecule has 18 heavy (non-hydrogen) atoms. The summed E-state index contributed by atoms with van der Waals surface area (Å²) >= 11 is 0. The zero-order chi connectivity index (χ0) is 14.0. The maximum Gasteiger partial charge on any atom is 0.157 e. The summed E-state index contributed by atoms with van der Waals surface area (Å²) in [4.78, 5) is 0. The molecule has 0 aromatic carbocycles. The van der Waals surface area contributed by atoms with Crippen LogP contribution in [0, 0.1) is 11.8 Å². The lowest BCUT2D eigenvalue weighted by Gasteiger charge is -2.25. The van der Waals surface area contributed by atoms with Crippen LogP contribution in [-0.4, -0.2) is 43.4 Å². The third-order valence-corrected chi connectivity index (χ3v) is 3.53. The van der Waals surface area contributed by atoms with Gasteiger partial charge in [0, 0.05) is 27.2 Å². The van der Waals surface area contributed by atoms with Crippen LogP contribution in [-0.2, 0) is 9.47 Å². The first-order valence-electron chi connectivity index (χ1n) is 6.89. The Morgan fingerprint density at radius 2 is 1.61 bits per heavy atom. The predicted molar refractivity (Wildman–Crippen MR) is 72.3 cm³/mol. The number of methoxy groups -OCH3 is 2. The van der Waals surface area contributed by atoms with Crippen LogP contribution in [0.5, 0.6) is 0 Å². The molecule has 0 bridgehead atoms. The smallest absolute Gasteiger partial charge is 0.157 e. The third-order valence-electron chi connectivity index (χ3n) is 3.53. The van der Waals surface area contributed by atoms with Gasteiger partial charge >= 0.3 is 0 Å². The van der Waals surface area contributed by atoms with E-state index in [1.807, 2.05) is 0 Å². The molecule has 0 rings (SSSR count). The van der Waals surface area contributed by atoms with Gasteiger partial charge in [-0.25, -0.2) is 0 Å². The van der Waals surface area contributed by atoms with E-state index in [4.69, 9.17) is 14.6 Å². The molecule has 0 fully saturated rings. The van der Waals surface area contributed by atoms with Gasteiger partial charge in [0.25, 0.3) is 0 Å². The minimum absolute atomic E-state index is 0.153. The first-order valence-corrected chi connectivity index (χ1v) is 6.89. The van der Waals surface area contributed by atoms with Gasteiger partial charge in [0.05, 0.1) is 6.10 Å². The molecule has 0 aliphatic heterocycles. The van der Waals surface area contributed by atoms with Gasteiger partial charge in [-0.15, -0.1) is 0 Å². The molecule has 0 aromatic rings. The molecule has 0 radical (unpaired) electrons. The van der Waals surface area contributed by atoms with Crippen molar-refractivity contribution < 1.29 is 19.7 Å². The van der Waals surface area contributed by atoms with Crippen molar-refractivity contribution in [3.8, 4) is 0 Å². The van der Waals surface area contributed by atoms with Gasteiger partial charge < -0.3 is 19.7 Å². The van der Waals surface area contributed by atoms with E-state index >= 15 is 0 Å². The van der Waals surface area contributed by atoms with Gasteiger partial charge in [-0.05, 0) is 37.5 Å². The van der Waals surface area contributed by atoms with E-state index in [2.05, 4.69) is 13.8 Å². The van der Waals surface area contributed by atoms with Crippen molar-refractivity contribution in [1.82, 2.24) is 0 Å². The number of ether oxygens (including phenoxy) is 2. The van der Waals surface area contributed by atoms with Crippen LogP contribution in [0.2, 0.25) is 0 Å². The number of rotatable bonds is 11. The van der Waals surface area contributed by atoms with Crippen LogP contribution in [0.25, 0.3) is 0 Å². The maximum absolute atomic E-state index is 9.79. The lowest BCUT2D eigenvalue weighted by molar-refractivity contribution is -0.117. The van der Waals surface area contributed by atoms with Crippen molar-refractivity contribution in [3.05, 3.63) is 0 Å². The van der Waals surface area contributed by atoms with E-state index < -0.39 is 0 Å². The van der Waals surface area contributed by atoms with E-state index in [1.165, 1.54) is 0 Å². The molecule has 0 saturated carbocycles. The van der Waals surface area contributed by atoms with E-state index in [0.29, 0.717) is 24.7 Å². The minimum atomic E-state index is -0.304. The second-order valence-electron chi connectivity index (χ2n) is 5.24. The number of aliphatic hydroxyl groups is 2. The van der Waals surface area contributed by atoms with E-state index in [0.717, 1.165) is 19.3 Å². The Balaban J connectivity index is 4.03. The Labute approximate surface area is 111 Å². The molecule has 0 aliphatic rings. The van der Waals surface area contributed by atoms with Crippen LogP contribution >= 0.6 is 0 Å². The minimum Gasteiger partial charge on any atom is -0.396 e. The molecule has 0 amide bonds. The molecule has 0 saturated heterocycles. The van der Waals surface area contributed by atoms with Crippen molar-refractivity contribution in [1.29, 1.82) is 0 Å². The van der Waals surface area contributed by atoms with Crippen LogP contribution in [0.4, 0.5) is 0 Å². The topological polar surface area (TPSA) is 58.9 Å². The fourth-order valence-corrected chi connectivity index (χ4v) is 2.14. The monoisotopic (exact) mass is 262 g/mol. The Kier molecular flexibility index (Phi) is 10.6. The molecular weight excluding hydrogens is 232 g/mol. The van der Waals surface area contributed by atoms with Gasteiger partial charge in [0.2, 0.25) is 0 Å². The molecule has 0 heterocycles. The lowest BCUT2D eigenvalue weighted by Crippen LogP contribution is -2.22. The van der Waals surface area contributed by atoms with Crippen molar-refractivity contribution >= 4 is 0 Å². The molecule has 4 nitrogen and oxygen atoms in total. The van der Waals surface area contributed by atoms with Gasteiger partial charge in [-0.1, -0.05) is 13.8 Å². The second kappa shape index (κ2) is 10.7. The standard InChI is InChI=1S/C14H30O4/c1-11(2)12(10-14(17-3)18-4)7-8-13(16)6-5-9-15/h11-16H,5-10H2,1-4H3. The summed E-state index contributed by atoms with van der Waals surface area (Å²) in [5, 5.41) is 18.5. The van der Waals surface area contributed by atoms with Crippen LogP contribution < -0.4 is 0 Å². The average Bonchev–Trinajstić information content (AvgIpc) is 2.36. The van der Waals surface area contributed by atoms with Crippen molar-refractivity contribution in [2.75, 3.05) is 20.8 Å². The molecule has 2 N–H and O–H groups in total. The number of hydrogen-bond acceptors (Lipinski definition) is 4. The van der Waals surface area contributed by atoms with E-state index in [1.54, 1.807) is 14.2 Å². The lowest BCUT2D eigenvalue weighted by atomic mass is 9.86. The average molecular weight is 262 g/mol. The van der Waals surface area contributed by atoms with Crippen LogP contribution in [0.3, 0.4) is 0 Å². The molecule has 4 heteroatoms. The van der Waals surface area contributed by atoms with Gasteiger partial charge in [-0.3, -0.25) is 0 Å². The number of hydrogen-bond donors (Lipinski definition) is 2. The highest BCUT2D eigenvalue weighted by atomic mass is 16.7. The normalized spacial score (nSPS) is 15.3. The second-order valence-corrected chi connectivity index (χ2v) is 5.24. The molecule has 2 unspecified atom stereocenters. The summed E-state index contributed by atoms with van der Waals surface area (Å²) in [5.74, 6) is 1.03. The highest BCUT2D eigenvalue weighted by Crippen LogP contribution is 2.25. The molecule has 0 aliphatic carbocycles. The summed E-state index contributed by atoms with van der Waals surface area (Å²) in [7, 11) is 3.31. The van der Waals surface area contributed by atoms with Crippen molar-refractivity contribution in [3.63, 3.8) is 0 Å². The SMILES string of the molecule is COC(CC(CCC(O)CCCO)C(C)C)OC. The van der Waals surface area contributed by atoms with Crippen molar-refractivity contribution in [2.24, 2.45) is 11.8 Å². The van der Waals surface area contributed by atoms with Gasteiger partial charge in [0.15, 0.2) is 6.29 Å². The fourth-order valence-electron chi connectivity index (χ4n) is 2.14. The first-order chi connectivity index (χ1) is 8.54. The largest absolute Gasteiger partial charge is 0.396 e. The molecule has 0 aromatic heterocycles. The highest BCUT2D eigenvalue weighted by Gasteiger charge is 2.20. The summed E-state index contributed by atoms with van der Waals surface area (Å²) in [6, 6.07) is 0. The quantitative estimate of drug-likeness (QED) is 0.560. The van der Waals surface area contributed by atoms with Gasteiger partial charge in [0.1, 0.15) is 0 Å². The summed E-state index contributed by atoms with van der Waals surface area (Å²) in [5.41, 5.74) is 0. The fraction of sp³-hybridized carbons (Fsp3) is 1.00. The summed E-state index contributed by atoms with van der Waals surface area (Å²) in [6.07, 6.45) is 3.49. The molecular formula is C14H30O4. The Morgan fingerprint density at radius 1 is 1.00 bits per heavy atom.